The van der Waals surface area contributed by atoms with Crippen molar-refractivity contribution in [1.82, 2.24) is 4.90 Å². The predicted octanol–water partition coefficient (Wildman–Crippen LogP) is 0.214. The molecular weight excluding hydrogens is 128 g/mol. The van der Waals surface area contributed by atoms with Crippen molar-refractivity contribution in [3.63, 3.8) is 0 Å². The monoisotopic (exact) mass is 142 g/mol. The lowest BCUT2D eigenvalue weighted by molar-refractivity contribution is 0.270. The summed E-state index contributed by atoms with van der Waals surface area (Å²) in [4.78, 5) is 1.94. The number of nitriles is 1. The first-order chi connectivity index (χ1) is 4.81. The Morgan fingerprint density at radius 1 is 1.50 bits per heavy atom. The lowest BCUT2D eigenvalue weighted by Crippen LogP contribution is -2.19. The van der Waals surface area contributed by atoms with Gasteiger partial charge >= 0.3 is 0 Å². The van der Waals surface area contributed by atoms with Crippen LogP contribution in [0.25, 0.3) is 0 Å². The molecule has 0 amide bonds. The summed E-state index contributed by atoms with van der Waals surface area (Å²) >= 11 is 0. The standard InChI is InChI=1S/C7H14N2O/c1-9(6-4-8)5-2-3-7-10/h10H,2-3,5-7H2,1H3. The zero-order valence-electron chi connectivity index (χ0n) is 6.38. The van der Waals surface area contributed by atoms with Crippen molar-refractivity contribution < 1.29 is 5.11 Å². The Morgan fingerprint density at radius 2 is 2.20 bits per heavy atom. The van der Waals surface area contributed by atoms with Gasteiger partial charge in [0.15, 0.2) is 0 Å². The molecule has 0 saturated carbocycles. The smallest absolute Gasteiger partial charge is 0.0863 e. The molecule has 10 heavy (non-hydrogen) atoms. The number of hydrogen-bond acceptors (Lipinski definition) is 3. The highest BCUT2D eigenvalue weighted by molar-refractivity contribution is 4.73. The minimum atomic E-state index is 0.250. The van der Waals surface area contributed by atoms with E-state index in [1.165, 1.54) is 0 Å². The molecule has 3 nitrogen and oxygen atoms in total. The van der Waals surface area contributed by atoms with Gasteiger partial charge in [0.05, 0.1) is 12.6 Å². The highest BCUT2D eigenvalue weighted by atomic mass is 16.2. The van der Waals surface area contributed by atoms with E-state index >= 15 is 0 Å². The van der Waals surface area contributed by atoms with Crippen LogP contribution in [0.5, 0.6) is 0 Å². The van der Waals surface area contributed by atoms with E-state index in [1.807, 2.05) is 11.9 Å². The van der Waals surface area contributed by atoms with Crippen LogP contribution in [0.15, 0.2) is 0 Å². The van der Waals surface area contributed by atoms with Gasteiger partial charge in [0, 0.05) is 6.61 Å². The van der Waals surface area contributed by atoms with Crippen molar-refractivity contribution in [2.45, 2.75) is 12.8 Å². The van der Waals surface area contributed by atoms with Crippen molar-refractivity contribution in [2.24, 2.45) is 0 Å². The van der Waals surface area contributed by atoms with Crippen LogP contribution in [-0.2, 0) is 0 Å². The van der Waals surface area contributed by atoms with Crippen LogP contribution >= 0.6 is 0 Å². The first-order valence-electron chi connectivity index (χ1n) is 3.47. The average molecular weight is 142 g/mol. The Labute approximate surface area is 61.9 Å². The van der Waals surface area contributed by atoms with Crippen LogP contribution < -0.4 is 0 Å². The van der Waals surface area contributed by atoms with Gasteiger partial charge in [-0.15, -0.1) is 0 Å². The number of nitrogens with zero attached hydrogens (tertiary/aromatic N) is 2. The second-order valence-electron chi connectivity index (χ2n) is 2.33. The molecule has 0 aromatic carbocycles. The minimum absolute atomic E-state index is 0.250. The van der Waals surface area contributed by atoms with E-state index in [9.17, 15) is 0 Å². The number of rotatable bonds is 5. The molecule has 0 aliphatic heterocycles. The molecular formula is C7H14N2O. The van der Waals surface area contributed by atoms with Gasteiger partial charge in [-0.2, -0.15) is 5.26 Å². The van der Waals surface area contributed by atoms with Crippen molar-refractivity contribution in [2.75, 3.05) is 26.7 Å². The van der Waals surface area contributed by atoms with Gasteiger partial charge in [-0.05, 0) is 26.4 Å². The lowest BCUT2D eigenvalue weighted by Gasteiger charge is -2.10. The Morgan fingerprint density at radius 3 is 2.70 bits per heavy atom. The molecule has 0 radical (unpaired) electrons. The Bertz CT molecular complexity index is 109. The Kier molecular flexibility index (Phi) is 6.14. The van der Waals surface area contributed by atoms with E-state index in [0.717, 1.165) is 19.4 Å². The SMILES string of the molecule is CN(CC#N)CCCCO. The van der Waals surface area contributed by atoms with E-state index in [1.54, 1.807) is 0 Å². The molecule has 0 aliphatic carbocycles. The van der Waals surface area contributed by atoms with E-state index < -0.39 is 0 Å². The highest BCUT2D eigenvalue weighted by Crippen LogP contribution is 1.89. The maximum atomic E-state index is 8.43. The van der Waals surface area contributed by atoms with Gasteiger partial charge in [-0.1, -0.05) is 0 Å². The van der Waals surface area contributed by atoms with Crippen LogP contribution in [-0.4, -0.2) is 36.8 Å². The molecule has 0 aromatic heterocycles. The van der Waals surface area contributed by atoms with Gasteiger partial charge in [0.2, 0.25) is 0 Å². The van der Waals surface area contributed by atoms with E-state index in [2.05, 4.69) is 6.07 Å². The largest absolute Gasteiger partial charge is 0.396 e. The van der Waals surface area contributed by atoms with Crippen LogP contribution in [0.4, 0.5) is 0 Å². The summed E-state index contributed by atoms with van der Waals surface area (Å²) in [5, 5.41) is 16.7. The fourth-order valence-electron chi connectivity index (χ4n) is 0.693. The summed E-state index contributed by atoms with van der Waals surface area (Å²) in [5.74, 6) is 0. The zero-order chi connectivity index (χ0) is 7.82. The van der Waals surface area contributed by atoms with Crippen LogP contribution in [0.1, 0.15) is 12.8 Å². The molecule has 0 unspecified atom stereocenters. The quantitative estimate of drug-likeness (QED) is 0.441. The molecule has 0 saturated heterocycles. The van der Waals surface area contributed by atoms with Crippen LogP contribution in [0.2, 0.25) is 0 Å². The molecule has 0 aromatic rings. The molecule has 1 N–H and O–H groups in total. The summed E-state index contributed by atoms with van der Waals surface area (Å²) < 4.78 is 0. The van der Waals surface area contributed by atoms with Gasteiger partial charge < -0.3 is 5.11 Å². The normalized spacial score (nSPS) is 9.80. The highest BCUT2D eigenvalue weighted by Gasteiger charge is 1.94. The third kappa shape index (κ3) is 5.54. The Hall–Kier alpha value is -0.590. The first kappa shape index (κ1) is 9.41. The maximum Gasteiger partial charge on any atom is 0.0863 e. The number of aliphatic hydroxyl groups is 1. The van der Waals surface area contributed by atoms with Crippen molar-refractivity contribution in [3.05, 3.63) is 0 Å². The van der Waals surface area contributed by atoms with Crippen molar-refractivity contribution in [1.29, 1.82) is 5.26 Å². The van der Waals surface area contributed by atoms with Crippen LogP contribution in [0, 0.1) is 11.3 Å². The second kappa shape index (κ2) is 6.53. The summed E-state index contributed by atoms with van der Waals surface area (Å²) in [5.41, 5.74) is 0. The summed E-state index contributed by atoms with van der Waals surface area (Å²) in [6.45, 7) is 1.62. The van der Waals surface area contributed by atoms with Gasteiger partial charge in [-0.3, -0.25) is 4.90 Å². The molecule has 0 atom stereocenters. The van der Waals surface area contributed by atoms with Crippen molar-refractivity contribution >= 4 is 0 Å². The molecule has 0 heterocycles. The Balaban J connectivity index is 3.06. The molecule has 0 fully saturated rings. The fourth-order valence-corrected chi connectivity index (χ4v) is 0.693. The van der Waals surface area contributed by atoms with Gasteiger partial charge in [0.25, 0.3) is 0 Å². The molecule has 3 heteroatoms. The van der Waals surface area contributed by atoms with Gasteiger partial charge in [-0.25, -0.2) is 0 Å². The van der Waals surface area contributed by atoms with Crippen molar-refractivity contribution in [3.8, 4) is 6.07 Å². The summed E-state index contributed by atoms with van der Waals surface area (Å²) in [6, 6.07) is 2.06. The topological polar surface area (TPSA) is 47.3 Å². The second-order valence-corrected chi connectivity index (χ2v) is 2.33. The third-order valence-corrected chi connectivity index (χ3v) is 1.29. The first-order valence-corrected chi connectivity index (χ1v) is 3.47. The lowest BCUT2D eigenvalue weighted by atomic mass is 10.3. The summed E-state index contributed by atoms with van der Waals surface area (Å²) in [7, 11) is 1.90. The number of aliphatic hydroxyl groups excluding tert-OH is 1. The molecule has 0 aliphatic rings. The predicted molar refractivity (Wildman–Crippen MR) is 39.4 cm³/mol. The fraction of sp³-hybridized carbons (Fsp3) is 0.857. The van der Waals surface area contributed by atoms with E-state index in [-0.39, 0.29) is 6.61 Å². The molecule has 0 bridgehead atoms. The van der Waals surface area contributed by atoms with Crippen LogP contribution in [0.3, 0.4) is 0 Å². The maximum absolute atomic E-state index is 8.43. The van der Waals surface area contributed by atoms with Gasteiger partial charge in [0.1, 0.15) is 0 Å². The molecule has 0 spiro atoms. The number of hydrogen-bond donors (Lipinski definition) is 1. The molecule has 58 valence electrons. The summed E-state index contributed by atoms with van der Waals surface area (Å²) in [6.07, 6.45) is 1.80. The van der Waals surface area contributed by atoms with E-state index in [4.69, 9.17) is 10.4 Å². The zero-order valence-corrected chi connectivity index (χ0v) is 6.38. The third-order valence-electron chi connectivity index (χ3n) is 1.29. The average Bonchev–Trinajstić information content (AvgIpc) is 1.89. The van der Waals surface area contributed by atoms with E-state index in [0.29, 0.717) is 6.54 Å². The molecule has 0 rings (SSSR count). The minimum Gasteiger partial charge on any atom is -0.396 e. The number of unbranched alkanes of at least 4 members (excludes halogenated alkanes) is 1.